The maximum atomic E-state index is 5.50. The Balaban J connectivity index is 1.48. The van der Waals surface area contributed by atoms with E-state index in [1.807, 2.05) is 47.4 Å². The van der Waals surface area contributed by atoms with E-state index in [2.05, 4.69) is 41.2 Å². The van der Waals surface area contributed by atoms with Gasteiger partial charge in [0.05, 0.1) is 29.9 Å². The van der Waals surface area contributed by atoms with Gasteiger partial charge in [-0.15, -0.1) is 0 Å². The van der Waals surface area contributed by atoms with Gasteiger partial charge in [-0.3, -0.25) is 14.6 Å². The molecule has 0 amide bonds. The van der Waals surface area contributed by atoms with E-state index in [4.69, 9.17) is 9.52 Å². The molecule has 5 heteroatoms. The van der Waals surface area contributed by atoms with E-state index < -0.39 is 0 Å². The second-order valence-electron chi connectivity index (χ2n) is 6.74. The number of nitrogens with zero attached hydrogens (tertiary/aromatic N) is 4. The van der Waals surface area contributed by atoms with Gasteiger partial charge in [0.25, 0.3) is 0 Å². The van der Waals surface area contributed by atoms with E-state index in [1.165, 1.54) is 5.56 Å². The fourth-order valence-electron chi connectivity index (χ4n) is 3.39. The van der Waals surface area contributed by atoms with E-state index >= 15 is 0 Å². The summed E-state index contributed by atoms with van der Waals surface area (Å²) < 4.78 is 7.43. The maximum absolute atomic E-state index is 5.50. The first kappa shape index (κ1) is 16.4. The molecule has 0 aliphatic heterocycles. The topological polar surface area (TPSA) is 56.7 Å². The van der Waals surface area contributed by atoms with Gasteiger partial charge in [0, 0.05) is 35.1 Å². The first-order valence-electron chi connectivity index (χ1n) is 9.15. The third-order valence-electron chi connectivity index (χ3n) is 4.88. The van der Waals surface area contributed by atoms with Crippen molar-refractivity contribution in [2.24, 2.45) is 0 Å². The minimum absolute atomic E-state index is 0.655. The van der Waals surface area contributed by atoms with E-state index in [1.54, 1.807) is 12.5 Å². The minimum Gasteiger partial charge on any atom is -0.464 e. The van der Waals surface area contributed by atoms with E-state index in [-0.39, 0.29) is 0 Å². The van der Waals surface area contributed by atoms with Gasteiger partial charge in [0.1, 0.15) is 5.58 Å². The molecule has 5 nitrogen and oxygen atoms in total. The average Bonchev–Trinajstić information content (AvgIpc) is 3.39. The fourth-order valence-corrected chi connectivity index (χ4v) is 3.39. The minimum atomic E-state index is 0.655. The molecule has 0 bridgehead atoms. The largest absolute Gasteiger partial charge is 0.464 e. The maximum Gasteiger partial charge on any atom is 0.137 e. The second-order valence-corrected chi connectivity index (χ2v) is 6.74. The zero-order valence-corrected chi connectivity index (χ0v) is 15.4. The van der Waals surface area contributed by atoms with Crippen molar-refractivity contribution in [3.05, 3.63) is 90.7 Å². The molecule has 0 saturated carbocycles. The van der Waals surface area contributed by atoms with Crippen LogP contribution < -0.4 is 0 Å². The average molecular weight is 366 g/mol. The summed E-state index contributed by atoms with van der Waals surface area (Å²) in [7, 11) is 0. The number of benzene rings is 1. The number of pyridine rings is 2. The summed E-state index contributed by atoms with van der Waals surface area (Å²) in [5.41, 5.74) is 6.97. The number of aromatic nitrogens is 4. The first-order valence-corrected chi connectivity index (χ1v) is 9.15. The molecule has 1 aromatic carbocycles. The van der Waals surface area contributed by atoms with Gasteiger partial charge >= 0.3 is 0 Å². The SMILES string of the molecule is Cc1cccnc1Cn1ccc(-c2cccc(-c3nccc4occc34)c2)n1. The van der Waals surface area contributed by atoms with Gasteiger partial charge in [0.15, 0.2) is 0 Å². The number of hydrogen-bond donors (Lipinski definition) is 0. The van der Waals surface area contributed by atoms with Crippen molar-refractivity contribution in [2.45, 2.75) is 13.5 Å². The summed E-state index contributed by atoms with van der Waals surface area (Å²) in [6.07, 6.45) is 7.28. The standard InChI is InChI=1S/C23H18N4O/c1-16-4-3-10-24-21(16)15-27-12-8-20(26-27)17-5-2-6-18(14-17)23-19-9-13-28-22(19)7-11-25-23/h2-14H,15H2,1H3. The molecule has 0 aliphatic carbocycles. The molecule has 0 atom stereocenters. The highest BCUT2D eigenvalue weighted by Crippen LogP contribution is 2.30. The summed E-state index contributed by atoms with van der Waals surface area (Å²) >= 11 is 0. The number of aryl methyl sites for hydroxylation is 1. The summed E-state index contributed by atoms with van der Waals surface area (Å²) in [5.74, 6) is 0. The Kier molecular flexibility index (Phi) is 3.98. The third kappa shape index (κ3) is 2.97. The Morgan fingerprint density at radius 2 is 1.86 bits per heavy atom. The molecule has 5 rings (SSSR count). The summed E-state index contributed by atoms with van der Waals surface area (Å²) in [6.45, 7) is 2.72. The Labute approximate surface area is 162 Å². The monoisotopic (exact) mass is 366 g/mol. The van der Waals surface area contributed by atoms with Crippen LogP contribution in [-0.2, 0) is 6.54 Å². The van der Waals surface area contributed by atoms with Crippen LogP contribution in [0.15, 0.2) is 83.9 Å². The summed E-state index contributed by atoms with van der Waals surface area (Å²) in [4.78, 5) is 9.02. The molecule has 0 aliphatic rings. The molecule has 4 heterocycles. The Morgan fingerprint density at radius 1 is 0.929 bits per heavy atom. The van der Waals surface area contributed by atoms with Gasteiger partial charge in [-0.25, -0.2) is 0 Å². The molecule has 0 saturated heterocycles. The molecule has 0 fully saturated rings. The van der Waals surface area contributed by atoms with Crippen LogP contribution in [0.4, 0.5) is 0 Å². The van der Waals surface area contributed by atoms with Gasteiger partial charge < -0.3 is 4.42 Å². The Morgan fingerprint density at radius 3 is 2.79 bits per heavy atom. The van der Waals surface area contributed by atoms with Crippen LogP contribution >= 0.6 is 0 Å². The Bertz CT molecular complexity index is 1270. The lowest BCUT2D eigenvalue weighted by atomic mass is 10.0. The van der Waals surface area contributed by atoms with Crippen molar-refractivity contribution < 1.29 is 4.42 Å². The molecular weight excluding hydrogens is 348 g/mol. The molecule has 0 radical (unpaired) electrons. The lowest BCUT2D eigenvalue weighted by Gasteiger charge is -2.06. The predicted molar refractivity (Wildman–Crippen MR) is 109 cm³/mol. The molecule has 28 heavy (non-hydrogen) atoms. The van der Waals surface area contributed by atoms with Crippen LogP contribution in [0.3, 0.4) is 0 Å². The summed E-state index contributed by atoms with van der Waals surface area (Å²) in [5, 5.41) is 5.75. The highest BCUT2D eigenvalue weighted by atomic mass is 16.3. The number of fused-ring (bicyclic) bond motifs is 1. The molecule has 5 aromatic rings. The predicted octanol–water partition coefficient (Wildman–Crippen LogP) is 5.11. The molecule has 136 valence electrons. The highest BCUT2D eigenvalue weighted by Gasteiger charge is 2.10. The van der Waals surface area contributed by atoms with Gasteiger partial charge in [-0.05, 0) is 42.8 Å². The van der Waals surface area contributed by atoms with Crippen molar-refractivity contribution >= 4 is 11.0 Å². The lowest BCUT2D eigenvalue weighted by molar-refractivity contribution is 0.615. The van der Waals surface area contributed by atoms with E-state index in [0.717, 1.165) is 39.2 Å². The number of rotatable bonds is 4. The number of hydrogen-bond acceptors (Lipinski definition) is 4. The van der Waals surface area contributed by atoms with Crippen LogP contribution in [0.2, 0.25) is 0 Å². The fraction of sp³-hybridized carbons (Fsp3) is 0.0870. The third-order valence-corrected chi connectivity index (χ3v) is 4.88. The van der Waals surface area contributed by atoms with E-state index in [9.17, 15) is 0 Å². The normalized spacial score (nSPS) is 11.2. The van der Waals surface area contributed by atoms with Crippen molar-refractivity contribution in [2.75, 3.05) is 0 Å². The van der Waals surface area contributed by atoms with Crippen molar-refractivity contribution in [3.63, 3.8) is 0 Å². The zero-order valence-electron chi connectivity index (χ0n) is 15.4. The van der Waals surface area contributed by atoms with Crippen LogP contribution in [0.25, 0.3) is 33.5 Å². The second kappa shape index (κ2) is 6.78. The van der Waals surface area contributed by atoms with Crippen LogP contribution in [0.5, 0.6) is 0 Å². The molecular formula is C23H18N4O. The lowest BCUT2D eigenvalue weighted by Crippen LogP contribution is -2.04. The zero-order chi connectivity index (χ0) is 18.9. The molecule has 4 aromatic heterocycles. The van der Waals surface area contributed by atoms with Crippen LogP contribution in [-0.4, -0.2) is 19.7 Å². The van der Waals surface area contributed by atoms with E-state index in [0.29, 0.717) is 6.54 Å². The van der Waals surface area contributed by atoms with Crippen molar-refractivity contribution in [3.8, 4) is 22.5 Å². The van der Waals surface area contributed by atoms with Gasteiger partial charge in [0.2, 0.25) is 0 Å². The van der Waals surface area contributed by atoms with Crippen molar-refractivity contribution in [1.82, 2.24) is 19.7 Å². The molecule has 0 unspecified atom stereocenters. The first-order chi connectivity index (χ1) is 13.8. The number of furan rings is 1. The smallest absolute Gasteiger partial charge is 0.137 e. The molecule has 0 N–H and O–H groups in total. The summed E-state index contributed by atoms with van der Waals surface area (Å²) in [6, 6.07) is 18.2. The quantitative estimate of drug-likeness (QED) is 0.443. The van der Waals surface area contributed by atoms with Crippen LogP contribution in [0, 0.1) is 6.92 Å². The van der Waals surface area contributed by atoms with Crippen LogP contribution in [0.1, 0.15) is 11.3 Å². The molecule has 0 spiro atoms. The van der Waals surface area contributed by atoms with Gasteiger partial charge in [-0.2, -0.15) is 5.10 Å². The van der Waals surface area contributed by atoms with Crippen molar-refractivity contribution in [1.29, 1.82) is 0 Å². The Hall–Kier alpha value is -3.73. The van der Waals surface area contributed by atoms with Gasteiger partial charge in [-0.1, -0.05) is 24.3 Å². The highest BCUT2D eigenvalue weighted by molar-refractivity contribution is 5.92.